The Kier molecular flexibility index (Phi) is 7.03. The smallest absolute Gasteiger partial charge is 0.488 e. The summed E-state index contributed by atoms with van der Waals surface area (Å²) in [5, 5.41) is 41.4. The molecule has 1 saturated carbocycles. The van der Waals surface area contributed by atoms with Crippen LogP contribution in [0.15, 0.2) is 36.4 Å². The minimum atomic E-state index is -1.73. The number of fused-ring (bicyclic) bond motifs is 3. The van der Waals surface area contributed by atoms with E-state index in [2.05, 4.69) is 0 Å². The van der Waals surface area contributed by atoms with Gasteiger partial charge < -0.3 is 29.7 Å². The summed E-state index contributed by atoms with van der Waals surface area (Å²) in [7, 11) is -0.273. The van der Waals surface area contributed by atoms with Crippen molar-refractivity contribution in [1.82, 2.24) is 0 Å². The number of benzene rings is 2. The van der Waals surface area contributed by atoms with Crippen molar-refractivity contribution >= 4 is 52.7 Å². The van der Waals surface area contributed by atoms with Gasteiger partial charge in [0.2, 0.25) is 11.8 Å². The Balaban J connectivity index is 1.53. The van der Waals surface area contributed by atoms with Gasteiger partial charge in [-0.2, -0.15) is 0 Å². The Morgan fingerprint density at radius 3 is 2.62 bits per heavy atom. The predicted octanol–water partition coefficient (Wildman–Crippen LogP) is 2.08. The molecule has 2 aliphatic heterocycles. The molecule has 2 aromatic rings. The summed E-state index contributed by atoms with van der Waals surface area (Å²) in [5.41, 5.74) is 1.17. The van der Waals surface area contributed by atoms with E-state index < -0.39 is 42.7 Å². The number of nitrogens with zero attached hydrogens (tertiary/aromatic N) is 1. The molecule has 2 aromatic carbocycles. The van der Waals surface area contributed by atoms with Gasteiger partial charge in [-0.15, -0.1) is 0 Å². The first kappa shape index (κ1) is 26.4. The summed E-state index contributed by atoms with van der Waals surface area (Å²) in [5.74, 6) is -4.36. The molecule has 3 aliphatic rings. The molecular formula is C26H29BINO8. The summed E-state index contributed by atoms with van der Waals surface area (Å²) < 4.78 is 12.2. The standard InChI is InChI=1S/C26H29BINO8/c1-3-5-14-10-17-22(25(32)29(24(17)31)16-7-4-6-15(11-16)27(34)35)18-12-20(37-26(14,18)33)13-8-19(28)23(30)21(9-13)36-2/h4,6-9,11,14,17-18,20,22,30,33-35H,3,5,10,12H2,1-2H3/t14-,17-,18-,20-,22-,26+/m0/s1. The van der Waals surface area contributed by atoms with Crippen LogP contribution in [-0.2, 0) is 14.3 Å². The van der Waals surface area contributed by atoms with Crippen LogP contribution in [0, 0.1) is 27.2 Å². The second-order valence-corrected chi connectivity index (χ2v) is 11.3. The summed E-state index contributed by atoms with van der Waals surface area (Å²) >= 11 is 2.01. The van der Waals surface area contributed by atoms with Gasteiger partial charge in [0.15, 0.2) is 17.3 Å². The van der Waals surface area contributed by atoms with Crippen LogP contribution in [0.2, 0.25) is 0 Å². The van der Waals surface area contributed by atoms with Gasteiger partial charge in [-0.05, 0) is 77.1 Å². The number of carbonyl (C=O) groups excluding carboxylic acids is 2. The van der Waals surface area contributed by atoms with E-state index in [1.54, 1.807) is 24.3 Å². The second-order valence-electron chi connectivity index (χ2n) is 10.1. The molecule has 0 spiro atoms. The Morgan fingerprint density at radius 1 is 1.19 bits per heavy atom. The molecule has 0 unspecified atom stereocenters. The number of ether oxygens (including phenoxy) is 2. The molecule has 11 heteroatoms. The number of phenols is 1. The molecule has 4 N–H and O–H groups in total. The number of methoxy groups -OCH3 is 1. The minimum Gasteiger partial charge on any atom is -0.504 e. The van der Waals surface area contributed by atoms with E-state index in [-0.39, 0.29) is 28.7 Å². The van der Waals surface area contributed by atoms with Crippen molar-refractivity contribution in [2.24, 2.45) is 23.7 Å². The van der Waals surface area contributed by atoms with Gasteiger partial charge in [0, 0.05) is 11.8 Å². The number of aliphatic hydroxyl groups is 1. The number of anilines is 1. The maximum atomic E-state index is 13.8. The highest BCUT2D eigenvalue weighted by Gasteiger charge is 2.66. The van der Waals surface area contributed by atoms with Crippen LogP contribution in [0.1, 0.15) is 44.3 Å². The zero-order valence-electron chi connectivity index (χ0n) is 20.5. The van der Waals surface area contributed by atoms with Gasteiger partial charge in [0.05, 0.1) is 34.3 Å². The fourth-order valence-electron chi connectivity index (χ4n) is 6.38. The van der Waals surface area contributed by atoms with Gasteiger partial charge in [0.25, 0.3) is 0 Å². The zero-order chi connectivity index (χ0) is 26.6. The molecule has 37 heavy (non-hydrogen) atoms. The number of rotatable bonds is 6. The van der Waals surface area contributed by atoms with E-state index in [1.165, 1.54) is 19.2 Å². The summed E-state index contributed by atoms with van der Waals surface area (Å²) in [6.45, 7) is 2.00. The van der Waals surface area contributed by atoms with Crippen molar-refractivity contribution in [3.63, 3.8) is 0 Å². The van der Waals surface area contributed by atoms with Gasteiger partial charge >= 0.3 is 7.12 Å². The number of imide groups is 1. The van der Waals surface area contributed by atoms with Crippen LogP contribution < -0.4 is 15.1 Å². The van der Waals surface area contributed by atoms with Crippen molar-refractivity contribution in [3.05, 3.63) is 45.5 Å². The Bertz CT molecular complexity index is 1240. The number of hydrogen-bond donors (Lipinski definition) is 4. The number of halogens is 1. The average Bonchev–Trinajstić information content (AvgIpc) is 3.35. The molecule has 6 atom stereocenters. The summed E-state index contributed by atoms with van der Waals surface area (Å²) in [6, 6.07) is 9.53. The molecule has 0 bridgehead atoms. The van der Waals surface area contributed by atoms with Crippen molar-refractivity contribution in [2.75, 3.05) is 12.0 Å². The van der Waals surface area contributed by atoms with Crippen LogP contribution in [0.25, 0.3) is 0 Å². The predicted molar refractivity (Wildman–Crippen MR) is 143 cm³/mol. The van der Waals surface area contributed by atoms with Crippen LogP contribution in [0.5, 0.6) is 11.5 Å². The molecular weight excluding hydrogens is 592 g/mol. The molecule has 2 heterocycles. The lowest BCUT2D eigenvalue weighted by Crippen LogP contribution is -2.53. The molecule has 1 aliphatic carbocycles. The first-order valence-corrected chi connectivity index (χ1v) is 13.5. The quantitative estimate of drug-likeness (QED) is 0.219. The van der Waals surface area contributed by atoms with Gasteiger partial charge in [0.1, 0.15) is 0 Å². The normalized spacial score (nSPS) is 30.9. The van der Waals surface area contributed by atoms with E-state index >= 15 is 0 Å². The largest absolute Gasteiger partial charge is 0.504 e. The van der Waals surface area contributed by atoms with Crippen LogP contribution >= 0.6 is 22.6 Å². The van der Waals surface area contributed by atoms with Gasteiger partial charge in [-0.3, -0.25) is 14.5 Å². The molecule has 0 radical (unpaired) electrons. The fraction of sp³-hybridized carbons (Fsp3) is 0.462. The molecule has 0 aromatic heterocycles. The third-order valence-electron chi connectivity index (χ3n) is 8.07. The van der Waals surface area contributed by atoms with Crippen molar-refractivity contribution in [2.45, 2.75) is 44.5 Å². The van der Waals surface area contributed by atoms with E-state index in [9.17, 15) is 29.9 Å². The highest BCUT2D eigenvalue weighted by molar-refractivity contribution is 14.1. The third-order valence-corrected chi connectivity index (χ3v) is 8.89. The number of hydrogen-bond acceptors (Lipinski definition) is 8. The Morgan fingerprint density at radius 2 is 1.95 bits per heavy atom. The zero-order valence-corrected chi connectivity index (χ0v) is 22.7. The van der Waals surface area contributed by atoms with Gasteiger partial charge in [-0.1, -0.05) is 25.5 Å². The third kappa shape index (κ3) is 4.24. The summed E-state index contributed by atoms with van der Waals surface area (Å²) in [4.78, 5) is 28.5. The summed E-state index contributed by atoms with van der Waals surface area (Å²) in [6.07, 6.45) is 1.49. The van der Waals surface area contributed by atoms with E-state index in [0.717, 1.165) is 11.3 Å². The lowest BCUT2D eigenvalue weighted by molar-refractivity contribution is -0.270. The first-order valence-electron chi connectivity index (χ1n) is 12.4. The Labute approximate surface area is 228 Å². The molecule has 3 fully saturated rings. The van der Waals surface area contributed by atoms with Gasteiger partial charge in [-0.25, -0.2) is 0 Å². The molecule has 196 valence electrons. The number of carbonyl (C=O) groups is 2. The highest BCUT2D eigenvalue weighted by Crippen LogP contribution is 2.59. The first-order chi connectivity index (χ1) is 17.6. The SMILES string of the molecule is CCC[C@H]1C[C@@H]2C(=O)N(c3cccc(B(O)O)c3)C(=O)[C@@H]2[C@@H]2C[C@@H](c3cc(I)c(O)c(OC)c3)O[C@]12O. The van der Waals surface area contributed by atoms with Crippen LogP contribution in [-0.4, -0.2) is 52.1 Å². The Hall–Kier alpha value is -2.19. The van der Waals surface area contributed by atoms with E-state index in [0.29, 0.717) is 34.1 Å². The van der Waals surface area contributed by atoms with Crippen molar-refractivity contribution in [3.8, 4) is 11.5 Å². The van der Waals surface area contributed by atoms with Crippen molar-refractivity contribution in [1.29, 1.82) is 0 Å². The number of aromatic hydroxyl groups is 1. The number of amides is 2. The molecule has 2 saturated heterocycles. The maximum absolute atomic E-state index is 13.8. The van der Waals surface area contributed by atoms with Crippen LogP contribution in [0.3, 0.4) is 0 Å². The molecule has 2 amide bonds. The molecule has 9 nitrogen and oxygen atoms in total. The lowest BCUT2D eigenvalue weighted by Gasteiger charge is -2.44. The monoisotopic (exact) mass is 621 g/mol. The fourth-order valence-corrected chi connectivity index (χ4v) is 7.01. The average molecular weight is 621 g/mol. The topological polar surface area (TPSA) is 137 Å². The van der Waals surface area contributed by atoms with Crippen LogP contribution in [0.4, 0.5) is 5.69 Å². The van der Waals surface area contributed by atoms with Crippen molar-refractivity contribution < 1.29 is 39.3 Å². The second kappa shape index (κ2) is 9.85. The van der Waals surface area contributed by atoms with E-state index in [1.807, 2.05) is 29.5 Å². The van der Waals surface area contributed by atoms with E-state index in [4.69, 9.17) is 9.47 Å². The number of phenolic OH excluding ortho intramolecular Hbond substituents is 1. The minimum absolute atomic E-state index is 0.0207. The maximum Gasteiger partial charge on any atom is 0.488 e. The molecule has 5 rings (SSSR count). The highest BCUT2D eigenvalue weighted by atomic mass is 127. The lowest BCUT2D eigenvalue weighted by atomic mass is 9.63.